The zero-order valence-corrected chi connectivity index (χ0v) is 15.2. The van der Waals surface area contributed by atoms with E-state index < -0.39 is 10.0 Å². The van der Waals surface area contributed by atoms with E-state index in [4.69, 9.17) is 4.74 Å². The second-order valence-corrected chi connectivity index (χ2v) is 7.93. The summed E-state index contributed by atoms with van der Waals surface area (Å²) in [5.74, 6) is 0.384. The lowest BCUT2D eigenvalue weighted by Gasteiger charge is -2.14. The van der Waals surface area contributed by atoms with Crippen molar-refractivity contribution in [2.45, 2.75) is 43.9 Å². The van der Waals surface area contributed by atoms with Gasteiger partial charge in [0, 0.05) is 11.0 Å². The minimum absolute atomic E-state index is 0.182. The summed E-state index contributed by atoms with van der Waals surface area (Å²) in [6.45, 7) is 2.69. The Kier molecular flexibility index (Phi) is 6.47. The number of hydrogen-bond acceptors (Lipinski definition) is 3. The summed E-state index contributed by atoms with van der Waals surface area (Å²) in [5.41, 5.74) is 1.35. The summed E-state index contributed by atoms with van der Waals surface area (Å²) >= 11 is 3.31. The Balaban J connectivity index is 2.06. The van der Waals surface area contributed by atoms with Gasteiger partial charge in [-0.1, -0.05) is 27.6 Å². The maximum atomic E-state index is 12.5. The van der Waals surface area contributed by atoms with E-state index in [9.17, 15) is 8.42 Å². The predicted octanol–water partition coefficient (Wildman–Crippen LogP) is 4.02. The van der Waals surface area contributed by atoms with Gasteiger partial charge in [0.2, 0.25) is 10.0 Å². The standard InChI is InChI=1S/C16H22BrNO3S/c1-2-21-15-9-8-14(17)12-16(15)22(19,20)18-11-10-13-6-4-3-5-7-13/h6,8-9,12,18H,2-5,7,10-11H2,1H3. The van der Waals surface area contributed by atoms with E-state index in [2.05, 4.69) is 26.7 Å². The molecule has 1 aromatic rings. The van der Waals surface area contributed by atoms with E-state index in [0.717, 1.165) is 19.3 Å². The Hall–Kier alpha value is -0.850. The zero-order valence-electron chi connectivity index (χ0n) is 12.8. The first-order valence-electron chi connectivity index (χ1n) is 7.63. The van der Waals surface area contributed by atoms with Gasteiger partial charge in [0.05, 0.1) is 6.61 Å². The fourth-order valence-corrected chi connectivity index (χ4v) is 4.23. The summed E-state index contributed by atoms with van der Waals surface area (Å²) in [6, 6.07) is 5.02. The van der Waals surface area contributed by atoms with Crippen LogP contribution in [0.25, 0.3) is 0 Å². The number of rotatable bonds is 7. The first kappa shape index (κ1) is 17.5. The molecular weight excluding hydrogens is 366 g/mol. The van der Waals surface area contributed by atoms with E-state index in [0.29, 0.717) is 23.4 Å². The highest BCUT2D eigenvalue weighted by Crippen LogP contribution is 2.27. The topological polar surface area (TPSA) is 55.4 Å². The highest BCUT2D eigenvalue weighted by atomic mass is 79.9. The van der Waals surface area contributed by atoms with Gasteiger partial charge in [-0.3, -0.25) is 0 Å². The molecule has 22 heavy (non-hydrogen) atoms. The lowest BCUT2D eigenvalue weighted by atomic mass is 9.97. The molecule has 4 nitrogen and oxygen atoms in total. The normalized spacial score (nSPS) is 15.5. The van der Waals surface area contributed by atoms with E-state index >= 15 is 0 Å². The van der Waals surface area contributed by atoms with Crippen LogP contribution in [-0.2, 0) is 10.0 Å². The second kappa shape index (κ2) is 8.13. The quantitative estimate of drug-likeness (QED) is 0.718. The molecule has 2 rings (SSSR count). The lowest BCUT2D eigenvalue weighted by Crippen LogP contribution is -2.25. The molecule has 0 bridgehead atoms. The molecule has 0 spiro atoms. The molecule has 1 aliphatic rings. The molecule has 6 heteroatoms. The van der Waals surface area contributed by atoms with Gasteiger partial charge in [0.25, 0.3) is 0 Å². The molecule has 0 aromatic heterocycles. The molecule has 0 radical (unpaired) electrons. The maximum Gasteiger partial charge on any atom is 0.244 e. The summed E-state index contributed by atoms with van der Waals surface area (Å²) in [4.78, 5) is 0.182. The van der Waals surface area contributed by atoms with Crippen LogP contribution in [0, 0.1) is 0 Å². The van der Waals surface area contributed by atoms with E-state index in [-0.39, 0.29) is 4.90 Å². The van der Waals surface area contributed by atoms with Crippen molar-refractivity contribution >= 4 is 26.0 Å². The van der Waals surface area contributed by atoms with Gasteiger partial charge in [-0.25, -0.2) is 13.1 Å². The average molecular weight is 388 g/mol. The van der Waals surface area contributed by atoms with Crippen LogP contribution >= 0.6 is 15.9 Å². The van der Waals surface area contributed by atoms with Crippen molar-refractivity contribution in [3.63, 3.8) is 0 Å². The van der Waals surface area contributed by atoms with Crippen LogP contribution in [0.1, 0.15) is 39.0 Å². The molecule has 122 valence electrons. The molecule has 0 saturated heterocycles. The van der Waals surface area contributed by atoms with Crippen molar-refractivity contribution in [3.05, 3.63) is 34.3 Å². The van der Waals surface area contributed by atoms with E-state index in [1.807, 2.05) is 6.92 Å². The Labute approximate surface area is 141 Å². The molecule has 0 aliphatic heterocycles. The number of sulfonamides is 1. The first-order chi connectivity index (χ1) is 10.5. The fourth-order valence-electron chi connectivity index (χ4n) is 2.52. The van der Waals surface area contributed by atoms with Crippen molar-refractivity contribution in [1.82, 2.24) is 4.72 Å². The smallest absolute Gasteiger partial charge is 0.244 e. The van der Waals surface area contributed by atoms with Crippen LogP contribution < -0.4 is 9.46 Å². The Bertz CT molecular complexity index is 641. The number of benzene rings is 1. The number of ether oxygens (including phenoxy) is 1. The zero-order chi connectivity index (χ0) is 16.0. The van der Waals surface area contributed by atoms with Crippen LogP contribution in [0.4, 0.5) is 0 Å². The Morgan fingerprint density at radius 2 is 2.14 bits per heavy atom. The van der Waals surface area contributed by atoms with E-state index in [1.165, 1.54) is 18.4 Å². The van der Waals surface area contributed by atoms with Crippen molar-refractivity contribution in [2.75, 3.05) is 13.2 Å². The molecule has 0 fully saturated rings. The molecule has 0 heterocycles. The third-order valence-electron chi connectivity index (χ3n) is 3.62. The minimum Gasteiger partial charge on any atom is -0.492 e. The van der Waals surface area contributed by atoms with Crippen molar-refractivity contribution in [1.29, 1.82) is 0 Å². The molecule has 1 aliphatic carbocycles. The van der Waals surface area contributed by atoms with Gasteiger partial charge in [0.1, 0.15) is 10.6 Å². The molecule has 0 atom stereocenters. The Morgan fingerprint density at radius 1 is 1.32 bits per heavy atom. The minimum atomic E-state index is -3.57. The van der Waals surface area contributed by atoms with Gasteiger partial charge in [-0.05, 0) is 57.2 Å². The van der Waals surface area contributed by atoms with Crippen molar-refractivity contribution < 1.29 is 13.2 Å². The first-order valence-corrected chi connectivity index (χ1v) is 9.90. The molecule has 0 unspecified atom stereocenters. The second-order valence-electron chi connectivity index (χ2n) is 5.28. The van der Waals surface area contributed by atoms with Gasteiger partial charge in [-0.15, -0.1) is 0 Å². The number of hydrogen-bond donors (Lipinski definition) is 1. The third-order valence-corrected chi connectivity index (χ3v) is 5.59. The summed E-state index contributed by atoms with van der Waals surface area (Å²) < 4.78 is 33.8. The van der Waals surface area contributed by atoms with Gasteiger partial charge in [-0.2, -0.15) is 0 Å². The van der Waals surface area contributed by atoms with Gasteiger partial charge >= 0.3 is 0 Å². The maximum absolute atomic E-state index is 12.5. The van der Waals surface area contributed by atoms with E-state index in [1.54, 1.807) is 18.2 Å². The molecule has 0 amide bonds. The molecular formula is C16H22BrNO3S. The van der Waals surface area contributed by atoms with Gasteiger partial charge < -0.3 is 4.74 Å². The van der Waals surface area contributed by atoms with Crippen LogP contribution in [0.5, 0.6) is 5.75 Å². The summed E-state index contributed by atoms with van der Waals surface area (Å²) in [6.07, 6.45) is 7.66. The summed E-state index contributed by atoms with van der Waals surface area (Å²) in [5, 5.41) is 0. The van der Waals surface area contributed by atoms with Crippen molar-refractivity contribution in [3.8, 4) is 5.75 Å². The predicted molar refractivity (Wildman–Crippen MR) is 91.7 cm³/mol. The highest BCUT2D eigenvalue weighted by Gasteiger charge is 2.20. The van der Waals surface area contributed by atoms with Crippen molar-refractivity contribution in [2.24, 2.45) is 0 Å². The molecule has 1 aromatic carbocycles. The van der Waals surface area contributed by atoms with Crippen LogP contribution in [-0.4, -0.2) is 21.6 Å². The molecule has 0 saturated carbocycles. The SMILES string of the molecule is CCOc1ccc(Br)cc1S(=O)(=O)NCCC1=CCCCC1. The fraction of sp³-hybridized carbons (Fsp3) is 0.500. The third kappa shape index (κ3) is 4.83. The highest BCUT2D eigenvalue weighted by molar-refractivity contribution is 9.10. The van der Waals surface area contributed by atoms with Gasteiger partial charge in [0.15, 0.2) is 0 Å². The number of halogens is 1. The lowest BCUT2D eigenvalue weighted by molar-refractivity contribution is 0.331. The molecule has 1 N–H and O–H groups in total. The number of nitrogens with one attached hydrogen (secondary N) is 1. The Morgan fingerprint density at radius 3 is 2.82 bits per heavy atom. The largest absolute Gasteiger partial charge is 0.492 e. The summed E-state index contributed by atoms with van der Waals surface area (Å²) in [7, 11) is -3.57. The monoisotopic (exact) mass is 387 g/mol. The van der Waals surface area contributed by atoms with Crippen LogP contribution in [0.15, 0.2) is 39.2 Å². The average Bonchev–Trinajstić information content (AvgIpc) is 2.50. The van der Waals surface area contributed by atoms with Crippen LogP contribution in [0.2, 0.25) is 0 Å². The number of allylic oxidation sites excluding steroid dienone is 1. The van der Waals surface area contributed by atoms with Crippen LogP contribution in [0.3, 0.4) is 0 Å².